The Hall–Kier alpha value is -2.60. The standard InChI is InChI=1S/C22H28N2O4/c1-3-28-20-11-10-16(14-21(20)27-2)19(15-17-8-4-6-12-23-17)24-13-7-5-9-18(24)22(25)26/h4,6,8,10-12,14,18-19H,3,5,7,9,13,15H2,1-2H3,(H,25,26). The van der Waals surface area contributed by atoms with Crippen LogP contribution in [0.3, 0.4) is 0 Å². The summed E-state index contributed by atoms with van der Waals surface area (Å²) in [5.74, 6) is 0.594. The van der Waals surface area contributed by atoms with Gasteiger partial charge in [-0.2, -0.15) is 0 Å². The molecule has 6 nitrogen and oxygen atoms in total. The van der Waals surface area contributed by atoms with E-state index in [0.29, 0.717) is 30.9 Å². The Labute approximate surface area is 166 Å². The van der Waals surface area contributed by atoms with E-state index in [1.54, 1.807) is 13.3 Å². The number of carbonyl (C=O) groups is 1. The van der Waals surface area contributed by atoms with Crippen molar-refractivity contribution in [3.8, 4) is 11.5 Å². The van der Waals surface area contributed by atoms with Crippen molar-refractivity contribution in [1.82, 2.24) is 9.88 Å². The smallest absolute Gasteiger partial charge is 0.320 e. The fourth-order valence-electron chi connectivity index (χ4n) is 3.90. The average molecular weight is 384 g/mol. The van der Waals surface area contributed by atoms with Crippen molar-refractivity contribution in [2.24, 2.45) is 0 Å². The quantitative estimate of drug-likeness (QED) is 0.748. The fraction of sp³-hybridized carbons (Fsp3) is 0.455. The SMILES string of the molecule is CCOc1ccc(C(Cc2ccccn2)N2CCCCC2C(=O)O)cc1OC. The van der Waals surface area contributed by atoms with Gasteiger partial charge in [0.15, 0.2) is 11.5 Å². The minimum atomic E-state index is -0.761. The van der Waals surface area contributed by atoms with E-state index in [1.807, 2.05) is 43.3 Å². The van der Waals surface area contributed by atoms with Gasteiger partial charge in [0.05, 0.1) is 13.7 Å². The number of ether oxygens (including phenoxy) is 2. The van der Waals surface area contributed by atoms with Gasteiger partial charge in [0, 0.05) is 24.4 Å². The van der Waals surface area contributed by atoms with Crippen molar-refractivity contribution in [3.05, 3.63) is 53.9 Å². The van der Waals surface area contributed by atoms with E-state index in [4.69, 9.17) is 9.47 Å². The monoisotopic (exact) mass is 384 g/mol. The second-order valence-corrected chi connectivity index (χ2v) is 6.97. The zero-order valence-electron chi connectivity index (χ0n) is 16.5. The molecule has 3 rings (SSSR count). The van der Waals surface area contributed by atoms with Gasteiger partial charge in [-0.1, -0.05) is 18.6 Å². The van der Waals surface area contributed by atoms with Gasteiger partial charge in [0.25, 0.3) is 0 Å². The molecule has 1 fully saturated rings. The molecule has 2 atom stereocenters. The Morgan fingerprint density at radius 1 is 1.29 bits per heavy atom. The van der Waals surface area contributed by atoms with Gasteiger partial charge >= 0.3 is 5.97 Å². The van der Waals surface area contributed by atoms with Gasteiger partial charge in [0.2, 0.25) is 0 Å². The van der Waals surface area contributed by atoms with Crippen molar-refractivity contribution in [1.29, 1.82) is 0 Å². The lowest BCUT2D eigenvalue weighted by Crippen LogP contribution is -2.47. The zero-order valence-corrected chi connectivity index (χ0v) is 16.5. The largest absolute Gasteiger partial charge is 0.493 e. The maximum absolute atomic E-state index is 11.9. The van der Waals surface area contributed by atoms with E-state index in [-0.39, 0.29) is 6.04 Å². The van der Waals surface area contributed by atoms with Crippen LogP contribution in [-0.4, -0.2) is 47.3 Å². The van der Waals surface area contributed by atoms with Crippen LogP contribution in [0.1, 0.15) is 43.5 Å². The molecule has 0 saturated carbocycles. The summed E-state index contributed by atoms with van der Waals surface area (Å²) in [5, 5.41) is 9.78. The number of rotatable bonds is 8. The first-order valence-corrected chi connectivity index (χ1v) is 9.83. The summed E-state index contributed by atoms with van der Waals surface area (Å²) in [5.41, 5.74) is 1.95. The average Bonchev–Trinajstić information content (AvgIpc) is 2.73. The molecular weight excluding hydrogens is 356 g/mol. The molecule has 1 saturated heterocycles. The van der Waals surface area contributed by atoms with Crippen LogP contribution in [0.4, 0.5) is 0 Å². The Kier molecular flexibility index (Phi) is 6.87. The lowest BCUT2D eigenvalue weighted by atomic mass is 9.93. The molecule has 2 unspecified atom stereocenters. The molecular formula is C22H28N2O4. The van der Waals surface area contributed by atoms with Gasteiger partial charge in [-0.25, -0.2) is 0 Å². The third-order valence-corrected chi connectivity index (χ3v) is 5.23. The minimum Gasteiger partial charge on any atom is -0.493 e. The number of carboxylic acid groups (broad SMARTS) is 1. The third kappa shape index (κ3) is 4.62. The van der Waals surface area contributed by atoms with Crippen LogP contribution in [0, 0.1) is 0 Å². The number of methoxy groups -OCH3 is 1. The second kappa shape index (κ2) is 9.55. The van der Waals surface area contributed by atoms with Crippen LogP contribution in [0.2, 0.25) is 0 Å². The predicted octanol–water partition coefficient (Wildman–Crippen LogP) is 3.71. The van der Waals surface area contributed by atoms with Gasteiger partial charge in [0.1, 0.15) is 6.04 Å². The fourth-order valence-corrected chi connectivity index (χ4v) is 3.90. The van der Waals surface area contributed by atoms with E-state index in [1.165, 1.54) is 0 Å². The first-order chi connectivity index (χ1) is 13.6. The van der Waals surface area contributed by atoms with Crippen molar-refractivity contribution >= 4 is 5.97 Å². The Morgan fingerprint density at radius 3 is 2.82 bits per heavy atom. The number of carboxylic acids is 1. The summed E-state index contributed by atoms with van der Waals surface area (Å²) in [6.45, 7) is 3.24. The highest BCUT2D eigenvalue weighted by Gasteiger charge is 2.34. The van der Waals surface area contributed by atoms with Gasteiger partial charge in [-0.3, -0.25) is 14.7 Å². The van der Waals surface area contributed by atoms with Gasteiger partial charge in [-0.15, -0.1) is 0 Å². The molecule has 0 amide bonds. The lowest BCUT2D eigenvalue weighted by molar-refractivity contribution is -0.146. The summed E-state index contributed by atoms with van der Waals surface area (Å²) in [4.78, 5) is 18.5. The third-order valence-electron chi connectivity index (χ3n) is 5.23. The number of benzene rings is 1. The van der Waals surface area contributed by atoms with Gasteiger partial charge in [-0.05, 0) is 56.1 Å². The topological polar surface area (TPSA) is 71.9 Å². The first kappa shape index (κ1) is 20.1. The number of aromatic nitrogens is 1. The molecule has 1 aromatic carbocycles. The first-order valence-electron chi connectivity index (χ1n) is 9.83. The second-order valence-electron chi connectivity index (χ2n) is 6.97. The molecule has 150 valence electrons. The maximum atomic E-state index is 11.9. The van der Waals surface area contributed by atoms with Crippen molar-refractivity contribution in [3.63, 3.8) is 0 Å². The predicted molar refractivity (Wildman–Crippen MR) is 107 cm³/mol. The number of nitrogens with zero attached hydrogens (tertiary/aromatic N) is 2. The summed E-state index contributed by atoms with van der Waals surface area (Å²) >= 11 is 0. The number of piperidine rings is 1. The molecule has 1 aliphatic heterocycles. The molecule has 2 aromatic rings. The molecule has 0 spiro atoms. The van der Waals surface area contributed by atoms with Crippen LogP contribution in [-0.2, 0) is 11.2 Å². The summed E-state index contributed by atoms with van der Waals surface area (Å²) in [7, 11) is 1.62. The van der Waals surface area contributed by atoms with E-state index in [2.05, 4.69) is 9.88 Å². The normalized spacial score (nSPS) is 18.4. The Balaban J connectivity index is 1.99. The van der Waals surface area contributed by atoms with Crippen LogP contribution < -0.4 is 9.47 Å². The molecule has 28 heavy (non-hydrogen) atoms. The highest BCUT2D eigenvalue weighted by atomic mass is 16.5. The van der Waals surface area contributed by atoms with Crippen molar-refractivity contribution in [2.75, 3.05) is 20.3 Å². The van der Waals surface area contributed by atoms with Crippen LogP contribution in [0.5, 0.6) is 11.5 Å². The van der Waals surface area contributed by atoms with Crippen molar-refractivity contribution in [2.45, 2.75) is 44.7 Å². The zero-order chi connectivity index (χ0) is 19.9. The summed E-state index contributed by atoms with van der Waals surface area (Å²) < 4.78 is 11.2. The molecule has 0 aliphatic carbocycles. The van der Waals surface area contributed by atoms with Crippen LogP contribution in [0.15, 0.2) is 42.6 Å². The molecule has 1 aliphatic rings. The van der Waals surface area contributed by atoms with E-state index in [9.17, 15) is 9.90 Å². The van der Waals surface area contributed by atoms with E-state index in [0.717, 1.165) is 30.6 Å². The summed E-state index contributed by atoms with van der Waals surface area (Å²) in [6.07, 6.45) is 5.02. The molecule has 6 heteroatoms. The number of pyridine rings is 1. The van der Waals surface area contributed by atoms with Crippen molar-refractivity contribution < 1.29 is 19.4 Å². The molecule has 1 N–H and O–H groups in total. The highest BCUT2D eigenvalue weighted by molar-refractivity contribution is 5.73. The molecule has 0 radical (unpaired) electrons. The van der Waals surface area contributed by atoms with Crippen LogP contribution >= 0.6 is 0 Å². The maximum Gasteiger partial charge on any atom is 0.320 e. The van der Waals surface area contributed by atoms with Gasteiger partial charge < -0.3 is 14.6 Å². The van der Waals surface area contributed by atoms with E-state index < -0.39 is 12.0 Å². The Morgan fingerprint density at radius 2 is 2.14 bits per heavy atom. The minimum absolute atomic E-state index is 0.0964. The Bertz CT molecular complexity index is 781. The molecule has 1 aromatic heterocycles. The van der Waals surface area contributed by atoms with Crippen LogP contribution in [0.25, 0.3) is 0 Å². The number of likely N-dealkylation sites (tertiary alicyclic amines) is 1. The molecule has 0 bridgehead atoms. The number of hydrogen-bond acceptors (Lipinski definition) is 5. The number of aliphatic carboxylic acids is 1. The lowest BCUT2D eigenvalue weighted by Gasteiger charge is -2.39. The number of hydrogen-bond donors (Lipinski definition) is 1. The highest BCUT2D eigenvalue weighted by Crippen LogP contribution is 2.36. The summed E-state index contributed by atoms with van der Waals surface area (Å²) in [6, 6.07) is 11.1. The molecule has 2 heterocycles. The van der Waals surface area contributed by atoms with E-state index >= 15 is 0 Å².